The Morgan fingerprint density at radius 3 is 2.63 bits per heavy atom. The van der Waals surface area contributed by atoms with Gasteiger partial charge >= 0.3 is 0 Å². The first-order valence-electron chi connectivity index (χ1n) is 8.67. The van der Waals surface area contributed by atoms with Crippen molar-refractivity contribution in [1.82, 2.24) is 4.98 Å². The summed E-state index contributed by atoms with van der Waals surface area (Å²) in [4.78, 5) is 16.5. The predicted molar refractivity (Wildman–Crippen MR) is 108 cm³/mol. The van der Waals surface area contributed by atoms with Crippen molar-refractivity contribution in [2.24, 2.45) is 0 Å². The van der Waals surface area contributed by atoms with E-state index in [1.54, 1.807) is 12.3 Å². The maximum atomic E-state index is 12.3. The van der Waals surface area contributed by atoms with E-state index in [9.17, 15) is 4.79 Å². The summed E-state index contributed by atoms with van der Waals surface area (Å²) in [6.07, 6.45) is 2.34. The highest BCUT2D eigenvalue weighted by Crippen LogP contribution is 2.28. The van der Waals surface area contributed by atoms with E-state index in [4.69, 9.17) is 16.0 Å². The topological polar surface area (TPSA) is 55.1 Å². The largest absolute Gasteiger partial charge is 0.441 e. The normalized spacial score (nSPS) is 10.9. The third-order valence-corrected chi connectivity index (χ3v) is 4.62. The number of aryl methyl sites for hydroxylation is 1. The number of carbonyl (C=O) groups is 1. The molecule has 0 aliphatic carbocycles. The molecular formula is C22H17ClN2O2. The van der Waals surface area contributed by atoms with Gasteiger partial charge in [0, 0.05) is 24.1 Å². The molecule has 1 amide bonds. The number of nitrogens with one attached hydrogen (secondary N) is 1. The van der Waals surface area contributed by atoms with Crippen molar-refractivity contribution in [2.75, 3.05) is 5.32 Å². The van der Waals surface area contributed by atoms with E-state index in [2.05, 4.69) is 10.3 Å². The lowest BCUT2D eigenvalue weighted by Crippen LogP contribution is -2.12. The Hall–Kier alpha value is -3.11. The van der Waals surface area contributed by atoms with Crippen LogP contribution in [-0.2, 0) is 11.2 Å². The fourth-order valence-electron chi connectivity index (χ4n) is 2.92. The first-order chi connectivity index (χ1) is 13.2. The van der Waals surface area contributed by atoms with Crippen LogP contribution < -0.4 is 5.32 Å². The number of halogens is 1. The summed E-state index contributed by atoms with van der Waals surface area (Å²) in [5.41, 5.74) is 1.57. The van der Waals surface area contributed by atoms with Gasteiger partial charge in [0.2, 0.25) is 5.91 Å². The van der Waals surface area contributed by atoms with E-state index in [1.807, 2.05) is 60.7 Å². The predicted octanol–water partition coefficient (Wildman–Crippen LogP) is 5.72. The summed E-state index contributed by atoms with van der Waals surface area (Å²) in [5, 5.41) is 5.76. The van der Waals surface area contributed by atoms with Crippen LogP contribution in [0.1, 0.15) is 12.3 Å². The number of amides is 1. The zero-order valence-electron chi connectivity index (χ0n) is 14.5. The summed E-state index contributed by atoms with van der Waals surface area (Å²) in [7, 11) is 0. The Morgan fingerprint density at radius 2 is 1.78 bits per heavy atom. The minimum Gasteiger partial charge on any atom is -0.441 e. The third-order valence-electron chi connectivity index (χ3n) is 4.29. The van der Waals surface area contributed by atoms with Crippen molar-refractivity contribution in [3.63, 3.8) is 0 Å². The molecule has 0 saturated heterocycles. The van der Waals surface area contributed by atoms with Gasteiger partial charge in [0.25, 0.3) is 0 Å². The van der Waals surface area contributed by atoms with Crippen LogP contribution in [0.4, 0.5) is 5.69 Å². The molecule has 0 aliphatic heterocycles. The summed E-state index contributed by atoms with van der Waals surface area (Å²) < 4.78 is 5.73. The van der Waals surface area contributed by atoms with Gasteiger partial charge in [-0.1, -0.05) is 54.1 Å². The summed E-state index contributed by atoms with van der Waals surface area (Å²) in [6, 6.07) is 21.3. The molecule has 3 aromatic carbocycles. The highest BCUT2D eigenvalue weighted by molar-refractivity contribution is 6.33. The van der Waals surface area contributed by atoms with Crippen LogP contribution in [0.2, 0.25) is 5.02 Å². The number of carbonyl (C=O) groups excluding carboxylic acids is 1. The van der Waals surface area contributed by atoms with Crippen molar-refractivity contribution in [3.05, 3.63) is 83.8 Å². The number of aromatic nitrogens is 1. The van der Waals surface area contributed by atoms with E-state index in [0.717, 1.165) is 22.0 Å². The molecule has 0 saturated carbocycles. The average Bonchev–Trinajstić information content (AvgIpc) is 3.15. The SMILES string of the molecule is O=C(CCc1ncc(-c2ccccc2Cl)o1)Nc1ccc2ccccc2c1. The molecule has 1 aromatic heterocycles. The zero-order valence-corrected chi connectivity index (χ0v) is 15.2. The molecule has 5 heteroatoms. The molecular weight excluding hydrogens is 360 g/mol. The van der Waals surface area contributed by atoms with E-state index in [0.29, 0.717) is 23.1 Å². The van der Waals surface area contributed by atoms with Crippen LogP contribution in [0.5, 0.6) is 0 Å². The molecule has 1 N–H and O–H groups in total. The number of benzene rings is 3. The second-order valence-corrected chi connectivity index (χ2v) is 6.62. The molecule has 4 rings (SSSR count). The lowest BCUT2D eigenvalue weighted by atomic mass is 10.1. The highest BCUT2D eigenvalue weighted by Gasteiger charge is 2.11. The number of fused-ring (bicyclic) bond motifs is 1. The average molecular weight is 377 g/mol. The van der Waals surface area contributed by atoms with Crippen LogP contribution >= 0.6 is 11.6 Å². The molecule has 0 fully saturated rings. The zero-order chi connectivity index (χ0) is 18.6. The first kappa shape index (κ1) is 17.3. The number of anilines is 1. The lowest BCUT2D eigenvalue weighted by Gasteiger charge is -2.06. The van der Waals surface area contributed by atoms with Crippen molar-refractivity contribution < 1.29 is 9.21 Å². The number of hydrogen-bond donors (Lipinski definition) is 1. The molecule has 0 aliphatic rings. The number of oxazole rings is 1. The monoisotopic (exact) mass is 376 g/mol. The minimum absolute atomic E-state index is 0.0808. The third kappa shape index (κ3) is 4.01. The second kappa shape index (κ2) is 7.64. The molecule has 0 atom stereocenters. The van der Waals surface area contributed by atoms with Crippen LogP contribution in [-0.4, -0.2) is 10.9 Å². The Kier molecular flexibility index (Phi) is 4.90. The Bertz CT molecular complexity index is 1100. The van der Waals surface area contributed by atoms with Gasteiger partial charge in [-0.05, 0) is 35.0 Å². The van der Waals surface area contributed by atoms with Gasteiger partial charge in [-0.3, -0.25) is 4.79 Å². The van der Waals surface area contributed by atoms with Crippen LogP contribution in [0, 0.1) is 0 Å². The fraction of sp³-hybridized carbons (Fsp3) is 0.0909. The lowest BCUT2D eigenvalue weighted by molar-refractivity contribution is -0.116. The summed E-state index contributed by atoms with van der Waals surface area (Å²) in [6.45, 7) is 0. The number of nitrogens with zero attached hydrogens (tertiary/aromatic N) is 1. The van der Waals surface area contributed by atoms with Gasteiger partial charge in [-0.2, -0.15) is 0 Å². The molecule has 4 aromatic rings. The quantitative estimate of drug-likeness (QED) is 0.484. The van der Waals surface area contributed by atoms with E-state index in [-0.39, 0.29) is 12.3 Å². The van der Waals surface area contributed by atoms with Gasteiger partial charge in [0.1, 0.15) is 0 Å². The number of hydrogen-bond acceptors (Lipinski definition) is 3. The fourth-order valence-corrected chi connectivity index (χ4v) is 3.15. The van der Waals surface area contributed by atoms with Gasteiger partial charge in [-0.25, -0.2) is 4.98 Å². The smallest absolute Gasteiger partial charge is 0.224 e. The van der Waals surface area contributed by atoms with E-state index >= 15 is 0 Å². The highest BCUT2D eigenvalue weighted by atomic mass is 35.5. The van der Waals surface area contributed by atoms with Crippen molar-refractivity contribution in [1.29, 1.82) is 0 Å². The molecule has 1 heterocycles. The van der Waals surface area contributed by atoms with Crippen LogP contribution in [0.25, 0.3) is 22.1 Å². The summed E-state index contributed by atoms with van der Waals surface area (Å²) >= 11 is 6.18. The van der Waals surface area contributed by atoms with Gasteiger partial charge in [0.15, 0.2) is 11.7 Å². The maximum Gasteiger partial charge on any atom is 0.224 e. The van der Waals surface area contributed by atoms with Crippen molar-refractivity contribution >= 4 is 34.0 Å². The Labute approximate surface area is 161 Å². The Morgan fingerprint density at radius 1 is 1.00 bits per heavy atom. The van der Waals surface area contributed by atoms with Gasteiger partial charge < -0.3 is 9.73 Å². The molecule has 4 nitrogen and oxygen atoms in total. The van der Waals surface area contributed by atoms with Gasteiger partial charge in [-0.15, -0.1) is 0 Å². The molecule has 27 heavy (non-hydrogen) atoms. The maximum absolute atomic E-state index is 12.3. The molecule has 134 valence electrons. The number of rotatable bonds is 5. The molecule has 0 spiro atoms. The van der Waals surface area contributed by atoms with E-state index < -0.39 is 0 Å². The molecule has 0 unspecified atom stereocenters. The minimum atomic E-state index is -0.0808. The summed E-state index contributed by atoms with van der Waals surface area (Å²) in [5.74, 6) is 1.03. The van der Waals surface area contributed by atoms with Crippen LogP contribution in [0.3, 0.4) is 0 Å². The molecule has 0 radical (unpaired) electrons. The van der Waals surface area contributed by atoms with Crippen molar-refractivity contribution in [2.45, 2.75) is 12.8 Å². The second-order valence-electron chi connectivity index (χ2n) is 6.21. The van der Waals surface area contributed by atoms with Crippen LogP contribution in [0.15, 0.2) is 77.3 Å². The Balaban J connectivity index is 1.38. The van der Waals surface area contributed by atoms with E-state index in [1.165, 1.54) is 0 Å². The standard InChI is InChI=1S/C22H17ClN2O2/c23-19-8-4-3-7-18(19)20-14-24-22(27-20)12-11-21(26)25-17-10-9-15-5-1-2-6-16(15)13-17/h1-10,13-14H,11-12H2,(H,25,26). The van der Waals surface area contributed by atoms with Gasteiger partial charge in [0.05, 0.1) is 11.2 Å². The first-order valence-corrected chi connectivity index (χ1v) is 9.05. The molecule has 0 bridgehead atoms. The van der Waals surface area contributed by atoms with Crippen molar-refractivity contribution in [3.8, 4) is 11.3 Å².